The van der Waals surface area contributed by atoms with E-state index in [1.165, 1.54) is 0 Å². The van der Waals surface area contributed by atoms with Crippen LogP contribution in [0.15, 0.2) is 22.6 Å². The Morgan fingerprint density at radius 1 is 1.22 bits per heavy atom. The van der Waals surface area contributed by atoms with Gasteiger partial charge in [-0.25, -0.2) is 4.98 Å². The van der Waals surface area contributed by atoms with E-state index in [0.717, 1.165) is 48.5 Å². The normalized spacial score (nSPS) is 24.0. The van der Waals surface area contributed by atoms with Gasteiger partial charge in [-0.05, 0) is 30.0 Å². The summed E-state index contributed by atoms with van der Waals surface area (Å²) in [5, 5.41) is 4.98. The van der Waals surface area contributed by atoms with Crippen molar-refractivity contribution in [1.29, 1.82) is 0 Å². The van der Waals surface area contributed by atoms with Gasteiger partial charge in [-0.1, -0.05) is 11.6 Å². The summed E-state index contributed by atoms with van der Waals surface area (Å²) in [5.74, 6) is 2.40. The van der Waals surface area contributed by atoms with Crippen LogP contribution < -0.4 is 16.0 Å². The molecule has 23 heavy (non-hydrogen) atoms. The topological polar surface area (TPSA) is 80.2 Å². The highest BCUT2D eigenvalue weighted by atomic mass is 35.5. The van der Waals surface area contributed by atoms with Crippen molar-refractivity contribution in [2.24, 2.45) is 11.8 Å². The molecule has 2 aliphatic heterocycles. The summed E-state index contributed by atoms with van der Waals surface area (Å²) in [6.07, 6.45) is 0. The highest BCUT2D eigenvalue weighted by Gasteiger charge is 2.37. The predicted octanol–water partition coefficient (Wildman–Crippen LogP) is 2.27. The van der Waals surface area contributed by atoms with E-state index in [2.05, 4.69) is 20.2 Å². The molecule has 0 saturated carbocycles. The van der Waals surface area contributed by atoms with Crippen molar-refractivity contribution in [3.63, 3.8) is 0 Å². The summed E-state index contributed by atoms with van der Waals surface area (Å²) in [7, 11) is 0. The molecule has 0 radical (unpaired) electrons. The van der Waals surface area contributed by atoms with Crippen LogP contribution in [0.2, 0.25) is 5.02 Å². The maximum Gasteiger partial charge on any atom is 0.222 e. The van der Waals surface area contributed by atoms with E-state index in [1.807, 2.05) is 18.2 Å². The zero-order chi connectivity index (χ0) is 15.6. The lowest BCUT2D eigenvalue weighted by atomic mass is 10.0. The van der Waals surface area contributed by atoms with Gasteiger partial charge in [0.1, 0.15) is 11.1 Å². The number of anilines is 2. The monoisotopic (exact) mass is 329 g/mol. The molecule has 3 aromatic rings. The molecule has 3 N–H and O–H groups in total. The van der Waals surface area contributed by atoms with Gasteiger partial charge in [0.2, 0.25) is 5.95 Å². The fourth-order valence-electron chi connectivity index (χ4n) is 3.86. The van der Waals surface area contributed by atoms with E-state index >= 15 is 0 Å². The summed E-state index contributed by atoms with van der Waals surface area (Å²) in [5.41, 5.74) is 8.15. The Kier molecular flexibility index (Phi) is 2.75. The average Bonchev–Trinajstić information content (AvgIpc) is 3.19. The largest absolute Gasteiger partial charge is 0.450 e. The number of aromatic nitrogens is 2. The number of nitrogen functional groups attached to an aromatic ring is 1. The Balaban J connectivity index is 1.70. The van der Waals surface area contributed by atoms with Gasteiger partial charge in [0.25, 0.3) is 0 Å². The number of nitrogens with one attached hydrogen (secondary N) is 1. The van der Waals surface area contributed by atoms with Crippen LogP contribution in [-0.2, 0) is 0 Å². The number of furan rings is 1. The number of nitrogens with two attached hydrogens (primary N) is 1. The molecule has 0 spiro atoms. The molecule has 7 heteroatoms. The van der Waals surface area contributed by atoms with Crippen molar-refractivity contribution in [3.05, 3.63) is 23.2 Å². The molecule has 2 atom stereocenters. The van der Waals surface area contributed by atoms with E-state index in [9.17, 15) is 0 Å². The molecule has 0 amide bonds. The Morgan fingerprint density at radius 3 is 2.78 bits per heavy atom. The third-order valence-corrected chi connectivity index (χ3v) is 5.20. The third kappa shape index (κ3) is 1.98. The lowest BCUT2D eigenvalue weighted by Crippen LogP contribution is -2.26. The molecule has 118 valence electrons. The molecule has 0 bridgehead atoms. The first-order valence-electron chi connectivity index (χ1n) is 7.80. The van der Waals surface area contributed by atoms with E-state index < -0.39 is 0 Å². The lowest BCUT2D eigenvalue weighted by Gasteiger charge is -2.18. The first-order chi connectivity index (χ1) is 11.2. The molecule has 0 aliphatic carbocycles. The molecular weight excluding hydrogens is 314 g/mol. The summed E-state index contributed by atoms with van der Waals surface area (Å²) >= 11 is 6.11. The summed E-state index contributed by atoms with van der Waals surface area (Å²) < 4.78 is 6.03. The van der Waals surface area contributed by atoms with Gasteiger partial charge in [0.15, 0.2) is 11.4 Å². The second-order valence-electron chi connectivity index (χ2n) is 6.41. The van der Waals surface area contributed by atoms with E-state index in [4.69, 9.17) is 21.8 Å². The van der Waals surface area contributed by atoms with Gasteiger partial charge in [0.05, 0.1) is 0 Å². The number of hydrogen-bond acceptors (Lipinski definition) is 6. The second kappa shape index (κ2) is 4.72. The highest BCUT2D eigenvalue weighted by Crippen LogP contribution is 2.37. The van der Waals surface area contributed by atoms with Gasteiger partial charge in [-0.2, -0.15) is 4.98 Å². The quantitative estimate of drug-likeness (QED) is 0.713. The van der Waals surface area contributed by atoms with Gasteiger partial charge in [0, 0.05) is 36.6 Å². The Hall–Kier alpha value is -2.05. The van der Waals surface area contributed by atoms with Crippen LogP contribution in [0.1, 0.15) is 0 Å². The minimum atomic E-state index is 0.269. The van der Waals surface area contributed by atoms with Crippen LogP contribution >= 0.6 is 11.6 Å². The first kappa shape index (κ1) is 13.4. The van der Waals surface area contributed by atoms with Crippen molar-refractivity contribution in [1.82, 2.24) is 15.3 Å². The van der Waals surface area contributed by atoms with Crippen molar-refractivity contribution >= 4 is 45.4 Å². The number of benzene rings is 1. The predicted molar refractivity (Wildman–Crippen MR) is 90.8 cm³/mol. The molecule has 2 saturated heterocycles. The fraction of sp³-hybridized carbons (Fsp3) is 0.375. The molecule has 2 fully saturated rings. The van der Waals surface area contributed by atoms with Crippen LogP contribution in [0.4, 0.5) is 11.8 Å². The molecule has 1 aromatic carbocycles. The summed E-state index contributed by atoms with van der Waals surface area (Å²) in [6, 6.07) is 5.54. The van der Waals surface area contributed by atoms with Crippen LogP contribution in [0.3, 0.4) is 0 Å². The number of halogens is 1. The number of nitrogens with zero attached hydrogens (tertiary/aromatic N) is 3. The zero-order valence-corrected chi connectivity index (χ0v) is 13.2. The van der Waals surface area contributed by atoms with Crippen LogP contribution in [0.5, 0.6) is 0 Å². The van der Waals surface area contributed by atoms with Gasteiger partial charge >= 0.3 is 0 Å². The van der Waals surface area contributed by atoms with E-state index in [1.54, 1.807) is 0 Å². The van der Waals surface area contributed by atoms with Crippen molar-refractivity contribution in [2.45, 2.75) is 0 Å². The molecule has 2 aromatic heterocycles. The summed E-state index contributed by atoms with van der Waals surface area (Å²) in [6.45, 7) is 4.09. The fourth-order valence-corrected chi connectivity index (χ4v) is 4.03. The van der Waals surface area contributed by atoms with Gasteiger partial charge in [-0.15, -0.1) is 0 Å². The molecule has 4 heterocycles. The summed E-state index contributed by atoms with van der Waals surface area (Å²) in [4.78, 5) is 11.1. The molecule has 5 rings (SSSR count). The van der Waals surface area contributed by atoms with Crippen LogP contribution in [-0.4, -0.2) is 36.1 Å². The van der Waals surface area contributed by atoms with Gasteiger partial charge in [-0.3, -0.25) is 0 Å². The number of hydrogen-bond donors (Lipinski definition) is 2. The SMILES string of the molecule is Nc1nc(N2CC3CNCC3C2)c2oc3ccc(Cl)cc3c2n1. The maximum absolute atomic E-state index is 6.11. The highest BCUT2D eigenvalue weighted by molar-refractivity contribution is 6.31. The second-order valence-corrected chi connectivity index (χ2v) is 6.85. The standard InChI is InChI=1S/C16H16ClN5O/c17-10-1-2-12-11(3-10)13-14(23-12)15(21-16(18)20-13)22-6-8-4-19-5-9(8)7-22/h1-3,8-9,19H,4-7H2,(H2,18,20,21). The zero-order valence-electron chi connectivity index (χ0n) is 12.4. The third-order valence-electron chi connectivity index (χ3n) is 4.96. The minimum Gasteiger partial charge on any atom is -0.450 e. The van der Waals surface area contributed by atoms with Crippen molar-refractivity contribution < 1.29 is 4.42 Å². The molecule has 2 unspecified atom stereocenters. The molecule has 6 nitrogen and oxygen atoms in total. The Morgan fingerprint density at radius 2 is 2.00 bits per heavy atom. The average molecular weight is 330 g/mol. The number of fused-ring (bicyclic) bond motifs is 4. The molecule has 2 aliphatic rings. The van der Waals surface area contributed by atoms with Crippen LogP contribution in [0, 0.1) is 11.8 Å². The Labute approximate surface area is 137 Å². The van der Waals surface area contributed by atoms with E-state index in [0.29, 0.717) is 22.4 Å². The van der Waals surface area contributed by atoms with Crippen molar-refractivity contribution in [3.8, 4) is 0 Å². The Bertz CT molecular complexity index is 912. The van der Waals surface area contributed by atoms with Crippen LogP contribution in [0.25, 0.3) is 22.1 Å². The minimum absolute atomic E-state index is 0.269. The maximum atomic E-state index is 6.11. The molecular formula is C16H16ClN5O. The lowest BCUT2D eigenvalue weighted by molar-refractivity contribution is 0.533. The van der Waals surface area contributed by atoms with E-state index in [-0.39, 0.29) is 5.95 Å². The van der Waals surface area contributed by atoms with Crippen molar-refractivity contribution in [2.75, 3.05) is 36.8 Å². The first-order valence-corrected chi connectivity index (χ1v) is 8.18. The smallest absolute Gasteiger partial charge is 0.222 e. The van der Waals surface area contributed by atoms with Gasteiger partial charge < -0.3 is 20.4 Å². The number of rotatable bonds is 1.